The molecular weight excluding hydrogens is 1280 g/mol. The maximum Gasteiger partial charge on any atom is 0.220 e. The van der Waals surface area contributed by atoms with Crippen molar-refractivity contribution in [2.75, 3.05) is 19.8 Å². The molecule has 12 unspecified atom stereocenters. The quantitative estimate of drug-likeness (QED) is 0.0204. The fourth-order valence-electron chi connectivity index (χ4n) is 14.9. The average molecular weight is 1450 g/mol. The number of carbonyl (C=O) groups is 1. The van der Waals surface area contributed by atoms with Crippen LogP contribution in [0.4, 0.5) is 0 Å². The summed E-state index contributed by atoms with van der Waals surface area (Å²) >= 11 is 0. The molecule has 12 atom stereocenters. The van der Waals surface area contributed by atoms with Crippen molar-refractivity contribution >= 4 is 5.91 Å². The zero-order valence-electron chi connectivity index (χ0n) is 66.4. The highest BCUT2D eigenvalue weighted by molar-refractivity contribution is 5.76. The van der Waals surface area contributed by atoms with Crippen LogP contribution in [0.15, 0.2) is 36.5 Å². The van der Waals surface area contributed by atoms with Crippen molar-refractivity contribution in [2.24, 2.45) is 0 Å². The van der Waals surface area contributed by atoms with Gasteiger partial charge in [-0.05, 0) is 51.4 Å². The molecule has 14 heteroatoms. The molecule has 0 aromatic rings. The van der Waals surface area contributed by atoms with Crippen LogP contribution in [-0.2, 0) is 23.7 Å². The number of carbonyl (C=O) groups excluding carboxylic acids is 1. The molecule has 1 amide bonds. The highest BCUT2D eigenvalue weighted by Gasteiger charge is 2.51. The van der Waals surface area contributed by atoms with Gasteiger partial charge in [-0.15, -0.1) is 0 Å². The van der Waals surface area contributed by atoms with Crippen LogP contribution in [0, 0.1) is 0 Å². The lowest BCUT2D eigenvalue weighted by atomic mass is 9.97. The Morgan fingerprint density at radius 1 is 0.353 bits per heavy atom. The molecule has 14 nitrogen and oxygen atoms in total. The molecule has 2 heterocycles. The van der Waals surface area contributed by atoms with Crippen molar-refractivity contribution in [3.05, 3.63) is 36.5 Å². The van der Waals surface area contributed by atoms with Crippen molar-refractivity contribution in [3.63, 3.8) is 0 Å². The zero-order chi connectivity index (χ0) is 73.7. The Kier molecular flexibility index (Phi) is 68.1. The van der Waals surface area contributed by atoms with Crippen LogP contribution in [-0.4, -0.2) is 140 Å². The number of nitrogens with one attached hydrogen (secondary N) is 1. The van der Waals surface area contributed by atoms with Crippen LogP contribution in [0.3, 0.4) is 0 Å². The molecule has 2 aliphatic heterocycles. The van der Waals surface area contributed by atoms with E-state index >= 15 is 0 Å². The molecule has 602 valence electrons. The Morgan fingerprint density at radius 2 is 0.647 bits per heavy atom. The second kappa shape index (κ2) is 72.1. The second-order valence-corrected chi connectivity index (χ2v) is 31.4. The molecular formula is C88H167NO13. The summed E-state index contributed by atoms with van der Waals surface area (Å²) in [5.74, 6) is -0.230. The van der Waals surface area contributed by atoms with Crippen molar-refractivity contribution < 1.29 is 64.6 Å². The zero-order valence-corrected chi connectivity index (χ0v) is 66.4. The first-order chi connectivity index (χ1) is 50.1. The highest BCUT2D eigenvalue weighted by Crippen LogP contribution is 2.31. The van der Waals surface area contributed by atoms with E-state index in [2.05, 4.69) is 43.5 Å². The van der Waals surface area contributed by atoms with E-state index in [1.54, 1.807) is 6.08 Å². The van der Waals surface area contributed by atoms with E-state index < -0.39 is 86.8 Å². The first kappa shape index (κ1) is 96.3. The summed E-state index contributed by atoms with van der Waals surface area (Å²) in [4.78, 5) is 13.4. The third-order valence-electron chi connectivity index (χ3n) is 21.8. The van der Waals surface area contributed by atoms with Crippen molar-refractivity contribution in [3.8, 4) is 0 Å². The molecule has 2 fully saturated rings. The smallest absolute Gasteiger partial charge is 0.220 e. The van der Waals surface area contributed by atoms with E-state index in [0.717, 1.165) is 44.9 Å². The summed E-state index contributed by atoms with van der Waals surface area (Å²) in [6, 6.07) is -0.915. The molecule has 0 aliphatic carbocycles. The van der Waals surface area contributed by atoms with E-state index in [1.807, 2.05) is 6.08 Å². The molecule has 2 rings (SSSR count). The highest BCUT2D eigenvalue weighted by atomic mass is 16.7. The lowest BCUT2D eigenvalue weighted by Gasteiger charge is -2.46. The summed E-state index contributed by atoms with van der Waals surface area (Å²) in [7, 11) is 0. The van der Waals surface area contributed by atoms with Gasteiger partial charge in [0.2, 0.25) is 5.91 Å². The molecule has 9 N–H and O–H groups in total. The lowest BCUT2D eigenvalue weighted by molar-refractivity contribution is -0.359. The number of hydrogen-bond acceptors (Lipinski definition) is 13. The molecule has 0 aromatic carbocycles. The van der Waals surface area contributed by atoms with Gasteiger partial charge in [-0.2, -0.15) is 0 Å². The summed E-state index contributed by atoms with van der Waals surface area (Å²) in [6.45, 7) is 2.87. The Labute approximate surface area is 627 Å². The van der Waals surface area contributed by atoms with Crippen molar-refractivity contribution in [1.29, 1.82) is 0 Å². The molecule has 0 aromatic heterocycles. The predicted molar refractivity (Wildman–Crippen MR) is 425 cm³/mol. The maximum atomic E-state index is 13.4. The standard InChI is InChI=1S/C88H167NO13/c1-3-5-7-9-11-13-15-17-19-21-23-25-27-29-31-33-35-37-38-40-42-44-46-48-50-52-54-56-58-60-62-64-66-68-70-72-80(93)89-76(75-99-87-85(98)83(96)86(79(74-91)101-87)102-88-84(97)82(95)81(94)78(73-90)100-88)77(92)71-69-67-65-63-61-59-57-55-53-51-49-47-45-43-41-39-36-34-32-30-28-26-24-22-20-18-16-14-12-10-8-6-4-2/h15,17,21,23,69,71,76-79,81-88,90-92,94-98H,3-14,16,18-20,22,24-68,70,72-75H2,1-2H3,(H,89,93)/b17-15-,23-21-,71-69+. The lowest BCUT2D eigenvalue weighted by Crippen LogP contribution is -2.65. The van der Waals surface area contributed by atoms with E-state index in [9.17, 15) is 45.6 Å². The number of unbranched alkanes of at least 4 members (excludes halogenated alkanes) is 59. The van der Waals surface area contributed by atoms with Gasteiger partial charge in [-0.1, -0.05) is 403 Å². The summed E-state index contributed by atoms with van der Waals surface area (Å²) < 4.78 is 23.0. The molecule has 0 bridgehead atoms. The molecule has 0 spiro atoms. The van der Waals surface area contributed by atoms with Crippen LogP contribution >= 0.6 is 0 Å². The maximum absolute atomic E-state index is 13.4. The van der Waals surface area contributed by atoms with E-state index in [-0.39, 0.29) is 18.9 Å². The average Bonchev–Trinajstić information content (AvgIpc) is 0.790. The fraction of sp³-hybridized carbons (Fsp3) is 0.920. The minimum absolute atomic E-state index is 0.230. The predicted octanol–water partition coefficient (Wildman–Crippen LogP) is 21.1. The number of allylic oxidation sites excluding steroid dienone is 5. The van der Waals surface area contributed by atoms with Gasteiger partial charge in [0.1, 0.15) is 48.8 Å². The Hall–Kier alpha value is -1.79. The second-order valence-electron chi connectivity index (χ2n) is 31.4. The number of aliphatic hydroxyl groups excluding tert-OH is 8. The van der Waals surface area contributed by atoms with Crippen LogP contribution in [0.5, 0.6) is 0 Å². The first-order valence-corrected chi connectivity index (χ1v) is 44.2. The number of amides is 1. The van der Waals surface area contributed by atoms with Crippen LogP contribution in [0.1, 0.15) is 425 Å². The Bertz CT molecular complexity index is 1850. The number of ether oxygens (including phenoxy) is 4. The molecule has 2 saturated heterocycles. The minimum atomic E-state index is -1.79. The van der Waals surface area contributed by atoms with Gasteiger partial charge in [0, 0.05) is 6.42 Å². The number of hydrogen-bond donors (Lipinski definition) is 9. The van der Waals surface area contributed by atoms with Gasteiger partial charge >= 0.3 is 0 Å². The van der Waals surface area contributed by atoms with Gasteiger partial charge in [0.05, 0.1) is 32.0 Å². The van der Waals surface area contributed by atoms with Crippen LogP contribution in [0.2, 0.25) is 0 Å². The van der Waals surface area contributed by atoms with E-state index in [4.69, 9.17) is 18.9 Å². The normalized spacial score (nSPS) is 21.7. The molecule has 2 aliphatic rings. The van der Waals surface area contributed by atoms with E-state index in [0.29, 0.717) is 6.42 Å². The van der Waals surface area contributed by atoms with Gasteiger partial charge in [0.25, 0.3) is 0 Å². The summed E-state index contributed by atoms with van der Waals surface area (Å²) in [5, 5.41) is 87.9. The Balaban J connectivity index is 1.57. The van der Waals surface area contributed by atoms with Crippen molar-refractivity contribution in [2.45, 2.75) is 498 Å². The third kappa shape index (κ3) is 53.9. The Morgan fingerprint density at radius 3 is 0.980 bits per heavy atom. The largest absolute Gasteiger partial charge is 0.394 e. The summed E-state index contributed by atoms with van der Waals surface area (Å²) in [5.41, 5.74) is 0. The molecule has 0 saturated carbocycles. The van der Waals surface area contributed by atoms with Crippen LogP contribution < -0.4 is 5.32 Å². The van der Waals surface area contributed by atoms with Gasteiger partial charge in [-0.25, -0.2) is 0 Å². The van der Waals surface area contributed by atoms with Gasteiger partial charge < -0.3 is 65.1 Å². The van der Waals surface area contributed by atoms with Gasteiger partial charge in [0.15, 0.2) is 12.6 Å². The fourth-order valence-corrected chi connectivity index (χ4v) is 14.9. The topological polar surface area (TPSA) is 228 Å². The van der Waals surface area contributed by atoms with Crippen molar-refractivity contribution in [1.82, 2.24) is 5.32 Å². The van der Waals surface area contributed by atoms with E-state index in [1.165, 1.54) is 353 Å². The third-order valence-corrected chi connectivity index (χ3v) is 21.8. The minimum Gasteiger partial charge on any atom is -0.394 e. The molecule has 0 radical (unpaired) electrons. The van der Waals surface area contributed by atoms with Gasteiger partial charge in [-0.3, -0.25) is 4.79 Å². The molecule has 102 heavy (non-hydrogen) atoms. The number of rotatable bonds is 76. The number of aliphatic hydroxyl groups is 8. The first-order valence-electron chi connectivity index (χ1n) is 44.2. The summed E-state index contributed by atoms with van der Waals surface area (Å²) in [6.07, 6.45) is 79.7. The van der Waals surface area contributed by atoms with Crippen LogP contribution in [0.25, 0.3) is 0 Å². The monoisotopic (exact) mass is 1450 g/mol. The SMILES string of the molecule is CCCCCCC/C=C\C/C=C\CCCCCCCCCCCCCCCCCCCCCCCCCC(=O)NC(COC1OC(CO)C(OC2OC(CO)C(O)C(O)C2O)C(O)C1O)C(O)/C=C/CCCCCCCCCCCCCCCCCCCCCCCCCCCCCCCCC.